The van der Waals surface area contributed by atoms with Crippen LogP contribution in [0.1, 0.15) is 18.1 Å². The Labute approximate surface area is 169 Å². The zero-order chi connectivity index (χ0) is 19.3. The van der Waals surface area contributed by atoms with E-state index < -0.39 is 11.8 Å². The van der Waals surface area contributed by atoms with E-state index in [0.29, 0.717) is 37.1 Å². The van der Waals surface area contributed by atoms with Crippen molar-refractivity contribution in [3.8, 4) is 11.5 Å². The minimum atomic E-state index is -0.492. The van der Waals surface area contributed by atoms with Crippen molar-refractivity contribution in [1.82, 2.24) is 0 Å². The van der Waals surface area contributed by atoms with Crippen molar-refractivity contribution in [2.45, 2.75) is 13.3 Å². The first kappa shape index (κ1) is 20.8. The third kappa shape index (κ3) is 5.25. The fourth-order valence-corrected chi connectivity index (χ4v) is 3.38. The molecule has 0 atom stereocenters. The van der Waals surface area contributed by atoms with Gasteiger partial charge in [0.05, 0.1) is 18.2 Å². The van der Waals surface area contributed by atoms with E-state index in [1.165, 1.54) is 25.3 Å². The molecule has 0 aliphatic carbocycles. The molecule has 0 heterocycles. The Bertz CT molecular complexity index is 791. The Kier molecular flexibility index (Phi) is 7.55. The zero-order valence-corrected chi connectivity index (χ0v) is 17.2. The molecule has 2 aromatic rings. The summed E-state index contributed by atoms with van der Waals surface area (Å²) in [6.07, 6.45) is 0.185. The van der Waals surface area contributed by atoms with Crippen LogP contribution < -0.4 is 9.47 Å². The average Bonchev–Trinajstić information content (AvgIpc) is 2.59. The summed E-state index contributed by atoms with van der Waals surface area (Å²) in [5, 5.41) is 0.616. The van der Waals surface area contributed by atoms with Crippen LogP contribution in [0.3, 0.4) is 0 Å². The van der Waals surface area contributed by atoms with Gasteiger partial charge in [0.25, 0.3) is 0 Å². The maximum Gasteiger partial charge on any atom is 0.344 e. The van der Waals surface area contributed by atoms with Gasteiger partial charge in [-0.15, -0.1) is 0 Å². The van der Waals surface area contributed by atoms with Gasteiger partial charge in [0, 0.05) is 22.5 Å². The standard InChI is InChI=1S/C18H16BrCl2FO4/c1-3-25-18(23)9-26-11-6-14(20)12(15(21)7-11)4-10-5-13(19)17(24-2)8-16(10)22/h5-8H,3-4,9H2,1-2H3. The molecule has 8 heteroatoms. The molecule has 0 bridgehead atoms. The van der Waals surface area contributed by atoms with Crippen molar-refractivity contribution in [3.05, 3.63) is 55.7 Å². The highest BCUT2D eigenvalue weighted by atomic mass is 79.9. The van der Waals surface area contributed by atoms with Gasteiger partial charge in [0.1, 0.15) is 17.3 Å². The van der Waals surface area contributed by atoms with Crippen LogP contribution in [0.4, 0.5) is 4.39 Å². The normalized spacial score (nSPS) is 10.5. The summed E-state index contributed by atoms with van der Waals surface area (Å²) in [7, 11) is 1.46. The molecule has 0 saturated heterocycles. The van der Waals surface area contributed by atoms with Gasteiger partial charge in [-0.2, -0.15) is 0 Å². The quantitative estimate of drug-likeness (QED) is 0.511. The molecule has 0 aliphatic rings. The van der Waals surface area contributed by atoms with Gasteiger partial charge < -0.3 is 14.2 Å². The van der Waals surface area contributed by atoms with Crippen molar-refractivity contribution in [2.75, 3.05) is 20.3 Å². The van der Waals surface area contributed by atoms with Gasteiger partial charge in [-0.25, -0.2) is 9.18 Å². The van der Waals surface area contributed by atoms with Crippen LogP contribution in [0, 0.1) is 5.82 Å². The maximum absolute atomic E-state index is 14.3. The van der Waals surface area contributed by atoms with Gasteiger partial charge in [-0.1, -0.05) is 23.2 Å². The molecule has 2 aromatic carbocycles. The third-order valence-corrected chi connectivity index (χ3v) is 4.76. The van der Waals surface area contributed by atoms with Crippen LogP contribution in [-0.4, -0.2) is 26.3 Å². The Morgan fingerprint density at radius 3 is 2.42 bits per heavy atom. The highest BCUT2D eigenvalue weighted by Crippen LogP contribution is 2.34. The minimum Gasteiger partial charge on any atom is -0.495 e. The number of esters is 1. The van der Waals surface area contributed by atoms with Crippen molar-refractivity contribution in [1.29, 1.82) is 0 Å². The number of ether oxygens (including phenoxy) is 3. The van der Waals surface area contributed by atoms with E-state index >= 15 is 0 Å². The van der Waals surface area contributed by atoms with E-state index in [4.69, 9.17) is 37.4 Å². The van der Waals surface area contributed by atoms with Crippen LogP contribution in [0.15, 0.2) is 28.7 Å². The molecule has 0 aliphatic heterocycles. The summed E-state index contributed by atoms with van der Waals surface area (Å²) < 4.78 is 30.1. The number of hydrogen-bond acceptors (Lipinski definition) is 4. The molecule has 140 valence electrons. The molecule has 0 spiro atoms. The van der Waals surface area contributed by atoms with Gasteiger partial charge in [0.15, 0.2) is 6.61 Å². The zero-order valence-electron chi connectivity index (χ0n) is 14.1. The fourth-order valence-electron chi connectivity index (χ4n) is 2.23. The number of rotatable bonds is 7. The van der Waals surface area contributed by atoms with Crippen molar-refractivity contribution < 1.29 is 23.4 Å². The number of benzene rings is 2. The van der Waals surface area contributed by atoms with Crippen molar-refractivity contribution >= 4 is 45.1 Å². The lowest BCUT2D eigenvalue weighted by Crippen LogP contribution is -2.14. The molecule has 0 saturated carbocycles. The number of methoxy groups -OCH3 is 1. The second-order valence-electron chi connectivity index (χ2n) is 5.21. The molecule has 0 N–H and O–H groups in total. The smallest absolute Gasteiger partial charge is 0.344 e. The summed E-state index contributed by atoms with van der Waals surface area (Å²) in [6, 6.07) is 5.96. The molecular weight excluding hydrogens is 450 g/mol. The molecule has 0 unspecified atom stereocenters. The molecule has 0 radical (unpaired) electrons. The number of halogens is 4. The summed E-state index contributed by atoms with van der Waals surface area (Å²) in [6.45, 7) is 1.72. The Balaban J connectivity index is 2.21. The van der Waals surface area contributed by atoms with E-state index in [9.17, 15) is 9.18 Å². The highest BCUT2D eigenvalue weighted by Gasteiger charge is 2.15. The predicted molar refractivity (Wildman–Crippen MR) is 102 cm³/mol. The molecule has 0 fully saturated rings. The van der Waals surface area contributed by atoms with Gasteiger partial charge in [-0.05, 0) is 52.2 Å². The lowest BCUT2D eigenvalue weighted by atomic mass is 10.0. The van der Waals surface area contributed by atoms with Crippen LogP contribution in [0.2, 0.25) is 10.0 Å². The Morgan fingerprint density at radius 1 is 1.19 bits per heavy atom. The van der Waals surface area contributed by atoms with E-state index in [0.717, 1.165) is 0 Å². The van der Waals surface area contributed by atoms with Crippen molar-refractivity contribution in [2.24, 2.45) is 0 Å². The van der Waals surface area contributed by atoms with E-state index in [2.05, 4.69) is 15.9 Å². The first-order valence-corrected chi connectivity index (χ1v) is 9.18. The van der Waals surface area contributed by atoms with Gasteiger partial charge in [0.2, 0.25) is 0 Å². The summed E-state index contributed by atoms with van der Waals surface area (Å²) in [5.74, 6) is -0.201. The maximum atomic E-state index is 14.3. The van der Waals surface area contributed by atoms with Crippen molar-refractivity contribution in [3.63, 3.8) is 0 Å². The number of carbonyl (C=O) groups excluding carboxylic acids is 1. The molecule has 26 heavy (non-hydrogen) atoms. The fraction of sp³-hybridized carbons (Fsp3) is 0.278. The number of hydrogen-bond donors (Lipinski definition) is 0. The lowest BCUT2D eigenvalue weighted by molar-refractivity contribution is -0.145. The molecule has 2 rings (SSSR count). The van der Waals surface area contributed by atoms with Crippen LogP contribution >= 0.6 is 39.1 Å². The topological polar surface area (TPSA) is 44.8 Å². The first-order valence-electron chi connectivity index (χ1n) is 7.64. The van der Waals surface area contributed by atoms with Crippen LogP contribution in [0.25, 0.3) is 0 Å². The molecule has 0 aromatic heterocycles. The second kappa shape index (κ2) is 9.44. The monoisotopic (exact) mass is 464 g/mol. The van der Waals surface area contributed by atoms with Crippen LogP contribution in [0.5, 0.6) is 11.5 Å². The molecule has 4 nitrogen and oxygen atoms in total. The summed E-state index contributed by atoms with van der Waals surface area (Å²) >= 11 is 15.9. The van der Waals surface area contributed by atoms with E-state index in [-0.39, 0.29) is 19.6 Å². The first-order chi connectivity index (χ1) is 12.3. The average molecular weight is 466 g/mol. The SMILES string of the molecule is CCOC(=O)COc1cc(Cl)c(Cc2cc(Br)c(OC)cc2F)c(Cl)c1. The van der Waals surface area contributed by atoms with Gasteiger partial charge >= 0.3 is 5.97 Å². The van der Waals surface area contributed by atoms with Gasteiger partial charge in [-0.3, -0.25) is 0 Å². The summed E-state index contributed by atoms with van der Waals surface area (Å²) in [5.41, 5.74) is 0.953. The third-order valence-electron chi connectivity index (χ3n) is 3.46. The molecular formula is C18H16BrCl2FO4. The van der Waals surface area contributed by atoms with Crippen LogP contribution in [-0.2, 0) is 16.0 Å². The minimum absolute atomic E-state index is 0.185. The predicted octanol–water partition coefficient (Wildman–Crippen LogP) is 5.44. The molecule has 0 amide bonds. The second-order valence-corrected chi connectivity index (χ2v) is 6.88. The Morgan fingerprint density at radius 2 is 1.85 bits per heavy atom. The number of carbonyl (C=O) groups is 1. The van der Waals surface area contributed by atoms with E-state index in [1.807, 2.05) is 0 Å². The Hall–Kier alpha value is -1.50. The lowest BCUT2D eigenvalue weighted by Gasteiger charge is -2.13. The highest BCUT2D eigenvalue weighted by molar-refractivity contribution is 9.10. The summed E-state index contributed by atoms with van der Waals surface area (Å²) in [4.78, 5) is 11.3. The largest absolute Gasteiger partial charge is 0.495 e. The van der Waals surface area contributed by atoms with E-state index in [1.54, 1.807) is 13.0 Å².